The van der Waals surface area contributed by atoms with Gasteiger partial charge in [0.1, 0.15) is 0 Å². The molecular weight excluding hydrogens is 216 g/mol. The van der Waals surface area contributed by atoms with Crippen LogP contribution < -0.4 is 10.6 Å². The second-order valence-electron chi connectivity index (χ2n) is 4.35. The van der Waals surface area contributed by atoms with Crippen molar-refractivity contribution < 1.29 is 9.90 Å². The molecule has 1 atom stereocenters. The van der Waals surface area contributed by atoms with Crippen LogP contribution in [0.4, 0.5) is 5.69 Å². The van der Waals surface area contributed by atoms with Gasteiger partial charge in [0.05, 0.1) is 12.6 Å². The minimum absolute atomic E-state index is 0.105. The molecular formula is C13H20N2O2. The van der Waals surface area contributed by atoms with E-state index < -0.39 is 6.10 Å². The van der Waals surface area contributed by atoms with Crippen LogP contribution in [0.1, 0.15) is 32.4 Å². The minimum Gasteiger partial charge on any atom is -0.389 e. The Bertz CT molecular complexity index is 375. The van der Waals surface area contributed by atoms with Crippen LogP contribution in [-0.2, 0) is 4.79 Å². The van der Waals surface area contributed by atoms with Crippen LogP contribution in [0.25, 0.3) is 0 Å². The number of benzene rings is 1. The molecule has 0 aliphatic heterocycles. The highest BCUT2D eigenvalue weighted by atomic mass is 16.3. The number of amides is 1. The molecule has 0 radical (unpaired) electrons. The molecule has 1 amide bonds. The van der Waals surface area contributed by atoms with Crippen molar-refractivity contribution in [1.29, 1.82) is 0 Å². The lowest BCUT2D eigenvalue weighted by Crippen LogP contribution is -2.32. The van der Waals surface area contributed by atoms with Gasteiger partial charge in [-0.25, -0.2) is 0 Å². The largest absolute Gasteiger partial charge is 0.389 e. The van der Waals surface area contributed by atoms with Crippen molar-refractivity contribution in [2.24, 2.45) is 0 Å². The second-order valence-corrected chi connectivity index (χ2v) is 4.35. The van der Waals surface area contributed by atoms with Gasteiger partial charge in [0, 0.05) is 17.3 Å². The van der Waals surface area contributed by atoms with Crippen molar-refractivity contribution in [3.8, 4) is 0 Å². The van der Waals surface area contributed by atoms with E-state index in [-0.39, 0.29) is 18.5 Å². The molecule has 0 aliphatic carbocycles. The Morgan fingerprint density at radius 1 is 1.29 bits per heavy atom. The van der Waals surface area contributed by atoms with E-state index >= 15 is 0 Å². The van der Waals surface area contributed by atoms with E-state index in [1.807, 2.05) is 26.0 Å². The van der Waals surface area contributed by atoms with E-state index in [0.29, 0.717) is 5.69 Å². The van der Waals surface area contributed by atoms with Crippen molar-refractivity contribution in [2.75, 3.05) is 11.9 Å². The average molecular weight is 236 g/mol. The standard InChI is InChI=1S/C13H20N2O2/c1-9(2)14-8-13(17)15-12-7-5-4-6-11(12)10(3)16/h4-7,9-10,14,16H,8H2,1-3H3,(H,15,17). The second kappa shape index (κ2) is 6.37. The zero-order chi connectivity index (χ0) is 12.8. The van der Waals surface area contributed by atoms with Crippen molar-refractivity contribution in [3.63, 3.8) is 0 Å². The summed E-state index contributed by atoms with van der Waals surface area (Å²) in [6.45, 7) is 5.91. The number of carbonyl (C=O) groups is 1. The number of aliphatic hydroxyl groups is 1. The summed E-state index contributed by atoms with van der Waals surface area (Å²) >= 11 is 0. The van der Waals surface area contributed by atoms with Crippen molar-refractivity contribution in [3.05, 3.63) is 29.8 Å². The monoisotopic (exact) mass is 236 g/mol. The van der Waals surface area contributed by atoms with E-state index in [0.717, 1.165) is 5.56 Å². The molecule has 1 rings (SSSR count). The first-order valence-corrected chi connectivity index (χ1v) is 5.81. The quantitative estimate of drug-likeness (QED) is 0.729. The van der Waals surface area contributed by atoms with Gasteiger partial charge in [-0.1, -0.05) is 32.0 Å². The number of hydrogen-bond acceptors (Lipinski definition) is 3. The van der Waals surface area contributed by atoms with Gasteiger partial charge in [-0.3, -0.25) is 4.79 Å². The summed E-state index contributed by atoms with van der Waals surface area (Å²) in [7, 11) is 0. The predicted octanol–water partition coefficient (Wildman–Crippen LogP) is 1.68. The maximum absolute atomic E-state index is 11.6. The Balaban J connectivity index is 2.65. The van der Waals surface area contributed by atoms with Crippen LogP contribution in [0.3, 0.4) is 0 Å². The Morgan fingerprint density at radius 3 is 2.53 bits per heavy atom. The fraction of sp³-hybridized carbons (Fsp3) is 0.462. The molecule has 1 aromatic carbocycles. The fourth-order valence-electron chi connectivity index (χ4n) is 1.47. The Labute approximate surface area is 102 Å². The van der Waals surface area contributed by atoms with Crippen molar-refractivity contribution >= 4 is 11.6 Å². The molecule has 0 spiro atoms. The lowest BCUT2D eigenvalue weighted by molar-refractivity contribution is -0.115. The summed E-state index contributed by atoms with van der Waals surface area (Å²) in [6.07, 6.45) is -0.593. The summed E-state index contributed by atoms with van der Waals surface area (Å²) in [5.41, 5.74) is 1.39. The predicted molar refractivity (Wildman–Crippen MR) is 68.8 cm³/mol. The SMILES string of the molecule is CC(C)NCC(=O)Nc1ccccc1C(C)O. The number of anilines is 1. The van der Waals surface area contributed by atoms with E-state index in [4.69, 9.17) is 0 Å². The number of para-hydroxylation sites is 1. The number of nitrogens with one attached hydrogen (secondary N) is 2. The van der Waals surface area contributed by atoms with Crippen LogP contribution >= 0.6 is 0 Å². The van der Waals surface area contributed by atoms with Crippen molar-refractivity contribution in [1.82, 2.24) is 5.32 Å². The lowest BCUT2D eigenvalue weighted by atomic mass is 10.1. The van der Waals surface area contributed by atoms with Crippen LogP contribution in [0.2, 0.25) is 0 Å². The van der Waals surface area contributed by atoms with Gasteiger partial charge in [-0.05, 0) is 13.0 Å². The first kappa shape index (κ1) is 13.7. The Morgan fingerprint density at radius 2 is 1.94 bits per heavy atom. The highest BCUT2D eigenvalue weighted by molar-refractivity contribution is 5.93. The van der Waals surface area contributed by atoms with Gasteiger partial charge < -0.3 is 15.7 Å². The van der Waals surface area contributed by atoms with Gasteiger partial charge in [0.2, 0.25) is 5.91 Å². The molecule has 0 aliphatic rings. The van der Waals surface area contributed by atoms with E-state index in [2.05, 4.69) is 10.6 Å². The third-order valence-corrected chi connectivity index (χ3v) is 2.36. The number of carbonyl (C=O) groups excluding carboxylic acids is 1. The van der Waals surface area contributed by atoms with Gasteiger partial charge in [0.25, 0.3) is 0 Å². The average Bonchev–Trinajstić information content (AvgIpc) is 2.27. The zero-order valence-electron chi connectivity index (χ0n) is 10.5. The summed E-state index contributed by atoms with van der Waals surface area (Å²) < 4.78 is 0. The molecule has 0 aromatic heterocycles. The molecule has 1 aromatic rings. The number of hydrogen-bond donors (Lipinski definition) is 3. The molecule has 4 nitrogen and oxygen atoms in total. The van der Waals surface area contributed by atoms with Crippen LogP contribution in [0.15, 0.2) is 24.3 Å². The Kier molecular flexibility index (Phi) is 5.12. The smallest absolute Gasteiger partial charge is 0.238 e. The Hall–Kier alpha value is -1.39. The van der Waals surface area contributed by atoms with E-state index in [1.165, 1.54) is 0 Å². The van der Waals surface area contributed by atoms with E-state index in [9.17, 15) is 9.90 Å². The van der Waals surface area contributed by atoms with Gasteiger partial charge in [-0.15, -0.1) is 0 Å². The lowest BCUT2D eigenvalue weighted by Gasteiger charge is -2.14. The van der Waals surface area contributed by atoms with Crippen LogP contribution in [0, 0.1) is 0 Å². The maximum Gasteiger partial charge on any atom is 0.238 e. The molecule has 94 valence electrons. The third-order valence-electron chi connectivity index (χ3n) is 2.36. The van der Waals surface area contributed by atoms with Crippen molar-refractivity contribution in [2.45, 2.75) is 32.9 Å². The van der Waals surface area contributed by atoms with Gasteiger partial charge in [0.15, 0.2) is 0 Å². The fourth-order valence-corrected chi connectivity index (χ4v) is 1.47. The molecule has 0 fully saturated rings. The molecule has 4 heteroatoms. The topological polar surface area (TPSA) is 61.4 Å². The summed E-state index contributed by atoms with van der Waals surface area (Å²) in [5.74, 6) is -0.105. The first-order valence-electron chi connectivity index (χ1n) is 5.81. The number of aliphatic hydroxyl groups excluding tert-OH is 1. The van der Waals surface area contributed by atoms with Crippen LogP contribution in [0.5, 0.6) is 0 Å². The zero-order valence-corrected chi connectivity index (χ0v) is 10.5. The first-order chi connectivity index (χ1) is 8.00. The van der Waals surface area contributed by atoms with E-state index in [1.54, 1.807) is 19.1 Å². The van der Waals surface area contributed by atoms with Gasteiger partial charge >= 0.3 is 0 Å². The van der Waals surface area contributed by atoms with Crippen LogP contribution in [-0.4, -0.2) is 23.6 Å². The highest BCUT2D eigenvalue weighted by Crippen LogP contribution is 2.21. The molecule has 1 unspecified atom stereocenters. The molecule has 0 saturated heterocycles. The highest BCUT2D eigenvalue weighted by Gasteiger charge is 2.09. The molecule has 3 N–H and O–H groups in total. The minimum atomic E-state index is -0.593. The summed E-state index contributed by atoms with van der Waals surface area (Å²) in [6, 6.07) is 7.53. The number of rotatable bonds is 5. The molecule has 0 heterocycles. The molecule has 17 heavy (non-hydrogen) atoms. The third kappa shape index (κ3) is 4.54. The molecule has 0 saturated carbocycles. The van der Waals surface area contributed by atoms with Gasteiger partial charge in [-0.2, -0.15) is 0 Å². The molecule has 0 bridgehead atoms. The summed E-state index contributed by atoms with van der Waals surface area (Å²) in [4.78, 5) is 11.6. The normalized spacial score (nSPS) is 12.5. The summed E-state index contributed by atoms with van der Waals surface area (Å²) in [5, 5.41) is 15.4. The maximum atomic E-state index is 11.6.